The van der Waals surface area contributed by atoms with Gasteiger partial charge in [-0.05, 0) is 42.2 Å². The number of carboxylic acid groups (broad SMARTS) is 1. The molecule has 0 aromatic heterocycles. The summed E-state index contributed by atoms with van der Waals surface area (Å²) in [7, 11) is 0. The maximum atomic E-state index is 11.9. The van der Waals surface area contributed by atoms with Gasteiger partial charge in [0.1, 0.15) is 0 Å². The molecule has 4 heteroatoms. The smallest absolute Gasteiger partial charge is 0.335 e. The molecule has 0 bridgehead atoms. The van der Waals surface area contributed by atoms with Crippen LogP contribution in [0, 0.1) is 6.92 Å². The molecule has 22 heavy (non-hydrogen) atoms. The molecule has 0 saturated carbocycles. The molecule has 0 radical (unpaired) electrons. The van der Waals surface area contributed by atoms with Crippen LogP contribution in [0.2, 0.25) is 0 Å². The lowest BCUT2D eigenvalue weighted by Crippen LogP contribution is -2.23. The topological polar surface area (TPSA) is 66.4 Å². The van der Waals surface area contributed by atoms with Crippen LogP contribution in [-0.4, -0.2) is 17.0 Å². The first-order chi connectivity index (χ1) is 10.6. The summed E-state index contributed by atoms with van der Waals surface area (Å²) < 4.78 is 0. The zero-order valence-corrected chi connectivity index (χ0v) is 12.5. The average molecular weight is 297 g/mol. The van der Waals surface area contributed by atoms with E-state index >= 15 is 0 Å². The lowest BCUT2D eigenvalue weighted by molar-refractivity contribution is -0.121. The fourth-order valence-corrected chi connectivity index (χ4v) is 2.19. The zero-order chi connectivity index (χ0) is 15.9. The Hall–Kier alpha value is -2.62. The number of aromatic carboxylic acids is 1. The summed E-state index contributed by atoms with van der Waals surface area (Å²) in [5, 5.41) is 11.7. The second-order valence-corrected chi connectivity index (χ2v) is 5.21. The summed E-state index contributed by atoms with van der Waals surface area (Å²) in [5.41, 5.74) is 3.51. The summed E-state index contributed by atoms with van der Waals surface area (Å²) in [6.07, 6.45) is 1.16. The highest BCUT2D eigenvalue weighted by atomic mass is 16.4. The minimum atomic E-state index is -0.950. The van der Waals surface area contributed by atoms with Crippen LogP contribution < -0.4 is 5.32 Å². The molecule has 0 spiro atoms. The monoisotopic (exact) mass is 297 g/mol. The number of hydrogen-bond acceptors (Lipinski definition) is 2. The van der Waals surface area contributed by atoms with Crippen molar-refractivity contribution in [2.24, 2.45) is 0 Å². The predicted octanol–water partition coefficient (Wildman–Crippen LogP) is 2.94. The molecular formula is C18H19NO3. The van der Waals surface area contributed by atoms with Gasteiger partial charge in [-0.2, -0.15) is 0 Å². The Morgan fingerprint density at radius 2 is 1.73 bits per heavy atom. The SMILES string of the molecule is Cc1ccccc1CCC(=O)NCc1ccc(C(=O)O)cc1. The van der Waals surface area contributed by atoms with Crippen molar-refractivity contribution in [2.75, 3.05) is 0 Å². The number of amides is 1. The fraction of sp³-hybridized carbons (Fsp3) is 0.222. The molecule has 0 aliphatic heterocycles. The maximum absolute atomic E-state index is 11.9. The van der Waals surface area contributed by atoms with Gasteiger partial charge in [0.2, 0.25) is 5.91 Å². The Kier molecular flexibility index (Phi) is 5.31. The second-order valence-electron chi connectivity index (χ2n) is 5.21. The van der Waals surface area contributed by atoms with Crippen molar-refractivity contribution in [1.29, 1.82) is 0 Å². The van der Waals surface area contributed by atoms with Gasteiger partial charge in [-0.25, -0.2) is 4.79 Å². The summed E-state index contributed by atoms with van der Waals surface area (Å²) in [5.74, 6) is -0.959. The van der Waals surface area contributed by atoms with Crippen LogP contribution in [0.5, 0.6) is 0 Å². The van der Waals surface area contributed by atoms with E-state index in [4.69, 9.17) is 5.11 Å². The summed E-state index contributed by atoms with van der Waals surface area (Å²) in [6.45, 7) is 2.45. The van der Waals surface area contributed by atoms with E-state index in [1.54, 1.807) is 12.1 Å². The normalized spacial score (nSPS) is 10.2. The standard InChI is InChI=1S/C18H19NO3/c1-13-4-2-3-5-15(13)10-11-17(20)19-12-14-6-8-16(9-7-14)18(21)22/h2-9H,10-12H2,1H3,(H,19,20)(H,21,22). The van der Waals surface area contributed by atoms with E-state index in [2.05, 4.69) is 5.32 Å². The highest BCUT2D eigenvalue weighted by Crippen LogP contribution is 2.09. The summed E-state index contributed by atoms with van der Waals surface area (Å²) >= 11 is 0. The minimum absolute atomic E-state index is 0.00874. The molecule has 1 amide bonds. The Morgan fingerprint density at radius 3 is 2.36 bits per heavy atom. The number of aryl methyl sites for hydroxylation is 2. The molecule has 0 fully saturated rings. The van der Waals surface area contributed by atoms with Crippen LogP contribution in [0.25, 0.3) is 0 Å². The molecular weight excluding hydrogens is 278 g/mol. The van der Waals surface area contributed by atoms with Gasteiger partial charge in [0.15, 0.2) is 0 Å². The quantitative estimate of drug-likeness (QED) is 0.861. The van der Waals surface area contributed by atoms with Gasteiger partial charge < -0.3 is 10.4 Å². The van der Waals surface area contributed by atoms with Gasteiger partial charge in [0.25, 0.3) is 0 Å². The number of nitrogens with one attached hydrogen (secondary N) is 1. The lowest BCUT2D eigenvalue weighted by Gasteiger charge is -2.07. The first-order valence-electron chi connectivity index (χ1n) is 7.19. The zero-order valence-electron chi connectivity index (χ0n) is 12.5. The number of hydrogen-bond donors (Lipinski definition) is 2. The van der Waals surface area contributed by atoms with Gasteiger partial charge in [0, 0.05) is 13.0 Å². The van der Waals surface area contributed by atoms with Gasteiger partial charge in [-0.3, -0.25) is 4.79 Å². The third kappa shape index (κ3) is 4.45. The van der Waals surface area contributed by atoms with E-state index in [9.17, 15) is 9.59 Å². The Bertz CT molecular complexity index is 662. The Balaban J connectivity index is 1.80. The average Bonchev–Trinajstić information content (AvgIpc) is 2.52. The molecule has 0 atom stereocenters. The van der Waals surface area contributed by atoms with E-state index in [1.165, 1.54) is 23.3 Å². The molecule has 4 nitrogen and oxygen atoms in total. The molecule has 2 aromatic rings. The first kappa shape index (κ1) is 15.8. The van der Waals surface area contributed by atoms with Crippen LogP contribution >= 0.6 is 0 Å². The molecule has 0 aliphatic carbocycles. The third-order valence-corrected chi connectivity index (χ3v) is 3.57. The largest absolute Gasteiger partial charge is 0.478 e. The van der Waals surface area contributed by atoms with E-state index in [0.717, 1.165) is 12.0 Å². The number of carbonyl (C=O) groups is 2. The third-order valence-electron chi connectivity index (χ3n) is 3.57. The van der Waals surface area contributed by atoms with E-state index in [-0.39, 0.29) is 11.5 Å². The Labute approximate surface area is 129 Å². The highest BCUT2D eigenvalue weighted by molar-refractivity contribution is 5.87. The van der Waals surface area contributed by atoms with Crippen LogP contribution in [0.4, 0.5) is 0 Å². The molecule has 2 N–H and O–H groups in total. The molecule has 0 aliphatic rings. The fourth-order valence-electron chi connectivity index (χ4n) is 2.19. The van der Waals surface area contributed by atoms with Crippen molar-refractivity contribution in [1.82, 2.24) is 5.32 Å². The van der Waals surface area contributed by atoms with E-state index in [0.29, 0.717) is 13.0 Å². The molecule has 2 aromatic carbocycles. The van der Waals surface area contributed by atoms with Gasteiger partial charge in [-0.15, -0.1) is 0 Å². The highest BCUT2D eigenvalue weighted by Gasteiger charge is 2.05. The van der Waals surface area contributed by atoms with Crippen molar-refractivity contribution >= 4 is 11.9 Å². The van der Waals surface area contributed by atoms with Crippen LogP contribution in [0.15, 0.2) is 48.5 Å². The first-order valence-corrected chi connectivity index (χ1v) is 7.19. The van der Waals surface area contributed by atoms with Crippen LogP contribution in [0.3, 0.4) is 0 Å². The van der Waals surface area contributed by atoms with E-state index < -0.39 is 5.97 Å². The van der Waals surface area contributed by atoms with Crippen molar-refractivity contribution in [3.63, 3.8) is 0 Å². The van der Waals surface area contributed by atoms with Gasteiger partial charge in [0.05, 0.1) is 5.56 Å². The van der Waals surface area contributed by atoms with Gasteiger partial charge in [-0.1, -0.05) is 36.4 Å². The van der Waals surface area contributed by atoms with Crippen molar-refractivity contribution in [2.45, 2.75) is 26.3 Å². The van der Waals surface area contributed by atoms with Crippen molar-refractivity contribution in [3.8, 4) is 0 Å². The summed E-state index contributed by atoms with van der Waals surface area (Å²) in [4.78, 5) is 22.6. The molecule has 0 unspecified atom stereocenters. The maximum Gasteiger partial charge on any atom is 0.335 e. The van der Waals surface area contributed by atoms with E-state index in [1.807, 2.05) is 31.2 Å². The lowest BCUT2D eigenvalue weighted by atomic mass is 10.0. The number of carboxylic acids is 1. The minimum Gasteiger partial charge on any atom is -0.478 e. The van der Waals surface area contributed by atoms with Crippen LogP contribution in [0.1, 0.15) is 33.5 Å². The number of carbonyl (C=O) groups excluding carboxylic acids is 1. The molecule has 2 rings (SSSR count). The second kappa shape index (κ2) is 7.41. The number of rotatable bonds is 6. The molecule has 0 saturated heterocycles. The Morgan fingerprint density at radius 1 is 1.05 bits per heavy atom. The van der Waals surface area contributed by atoms with Gasteiger partial charge >= 0.3 is 5.97 Å². The molecule has 114 valence electrons. The number of benzene rings is 2. The summed E-state index contributed by atoms with van der Waals surface area (Å²) in [6, 6.07) is 14.5. The van der Waals surface area contributed by atoms with Crippen molar-refractivity contribution < 1.29 is 14.7 Å². The molecule has 0 heterocycles. The van der Waals surface area contributed by atoms with Crippen LogP contribution in [-0.2, 0) is 17.8 Å². The predicted molar refractivity (Wildman–Crippen MR) is 84.7 cm³/mol. The van der Waals surface area contributed by atoms with Crippen molar-refractivity contribution in [3.05, 3.63) is 70.8 Å².